The molecule has 0 aromatic heterocycles. The van der Waals surface area contributed by atoms with Crippen LogP contribution in [0.1, 0.15) is 11.1 Å². The second-order valence-corrected chi connectivity index (χ2v) is 8.28. The first-order chi connectivity index (χ1) is 15.2. The summed E-state index contributed by atoms with van der Waals surface area (Å²) < 4.78 is 11.8. The first kappa shape index (κ1) is 23.8. The molecule has 0 bridgehead atoms. The van der Waals surface area contributed by atoms with Crippen molar-refractivity contribution in [3.8, 4) is 11.5 Å². The lowest BCUT2D eigenvalue weighted by molar-refractivity contribution is -0.129. The molecule has 0 saturated carbocycles. The molecule has 3 rings (SSSR count). The number of carbonyl (C=O) groups is 3. The smallest absolute Gasteiger partial charge is 0.331 e. The summed E-state index contributed by atoms with van der Waals surface area (Å²) in [6, 6.07) is 7.55. The Labute approximate surface area is 202 Å². The zero-order chi connectivity index (χ0) is 23.4. The largest absolute Gasteiger partial charge is 0.493 e. The molecule has 1 aliphatic rings. The number of nitrogens with zero attached hydrogens (tertiary/aromatic N) is 1. The van der Waals surface area contributed by atoms with Crippen LogP contribution in [0.4, 0.5) is 4.79 Å². The van der Waals surface area contributed by atoms with Gasteiger partial charge in [-0.05, 0) is 51.8 Å². The Morgan fingerprint density at radius 3 is 2.59 bits per heavy atom. The second kappa shape index (κ2) is 10.2. The third kappa shape index (κ3) is 5.15. The van der Waals surface area contributed by atoms with Gasteiger partial charge in [0.25, 0.3) is 11.8 Å². The summed E-state index contributed by atoms with van der Waals surface area (Å²) >= 11 is 15.6. The number of nitrogens with one attached hydrogen (secondary N) is 1. The van der Waals surface area contributed by atoms with E-state index in [9.17, 15) is 14.4 Å². The maximum Gasteiger partial charge on any atom is 0.331 e. The average Bonchev–Trinajstić information content (AvgIpc) is 2.74. The fourth-order valence-electron chi connectivity index (χ4n) is 2.91. The Kier molecular flexibility index (Phi) is 7.60. The van der Waals surface area contributed by atoms with Gasteiger partial charge in [0.15, 0.2) is 11.5 Å². The normalized spacial score (nSPS) is 15.1. The molecule has 0 aliphatic carbocycles. The standard InChI is InChI=1S/C22H17BrCl2N2O5/c1-3-6-27-21(29)15(20(28)26-22(27)30)7-12-8-16(23)19(18(9-12)31-2)32-11-13-4-5-14(24)10-17(13)25/h3-5,7-10H,1,6,11H2,2H3,(H,26,28,30)/b15-7-. The zero-order valence-corrected chi connectivity index (χ0v) is 19.9. The highest BCUT2D eigenvalue weighted by atomic mass is 79.9. The maximum atomic E-state index is 12.6. The number of methoxy groups -OCH3 is 1. The minimum atomic E-state index is -0.791. The molecule has 0 unspecified atom stereocenters. The summed E-state index contributed by atoms with van der Waals surface area (Å²) in [7, 11) is 1.46. The van der Waals surface area contributed by atoms with Crippen LogP contribution in [0.25, 0.3) is 6.08 Å². The van der Waals surface area contributed by atoms with Gasteiger partial charge in [-0.3, -0.25) is 19.8 Å². The van der Waals surface area contributed by atoms with Gasteiger partial charge in [-0.25, -0.2) is 4.79 Å². The molecule has 32 heavy (non-hydrogen) atoms. The number of amides is 4. The molecule has 1 saturated heterocycles. The van der Waals surface area contributed by atoms with E-state index in [1.807, 2.05) is 0 Å². The van der Waals surface area contributed by atoms with Gasteiger partial charge < -0.3 is 9.47 Å². The van der Waals surface area contributed by atoms with Gasteiger partial charge in [0.2, 0.25) is 0 Å². The van der Waals surface area contributed by atoms with Crippen molar-refractivity contribution in [2.75, 3.05) is 13.7 Å². The molecule has 2 aromatic rings. The SMILES string of the molecule is C=CCN1C(=O)NC(=O)/C(=C/c2cc(Br)c(OCc3ccc(Cl)cc3Cl)c(OC)c2)C1=O. The molecule has 1 aliphatic heterocycles. The molecule has 1 N–H and O–H groups in total. The first-order valence-electron chi connectivity index (χ1n) is 9.19. The fraction of sp³-hybridized carbons (Fsp3) is 0.136. The van der Waals surface area contributed by atoms with Crippen molar-refractivity contribution in [3.63, 3.8) is 0 Å². The number of ether oxygens (including phenoxy) is 2. The lowest BCUT2D eigenvalue weighted by atomic mass is 10.1. The van der Waals surface area contributed by atoms with Crippen molar-refractivity contribution < 1.29 is 23.9 Å². The summed E-state index contributed by atoms with van der Waals surface area (Å²) in [5.74, 6) is -0.734. The van der Waals surface area contributed by atoms with Crippen LogP contribution in [-0.4, -0.2) is 36.4 Å². The van der Waals surface area contributed by atoms with E-state index in [2.05, 4.69) is 27.8 Å². The molecular formula is C22H17BrCl2N2O5. The Balaban J connectivity index is 1.90. The number of urea groups is 1. The monoisotopic (exact) mass is 538 g/mol. The van der Waals surface area contributed by atoms with Crippen LogP contribution in [-0.2, 0) is 16.2 Å². The average molecular weight is 540 g/mol. The van der Waals surface area contributed by atoms with Crippen molar-refractivity contribution in [1.29, 1.82) is 0 Å². The quantitative estimate of drug-likeness (QED) is 0.304. The number of barbiturate groups is 1. The topological polar surface area (TPSA) is 84.9 Å². The van der Waals surface area contributed by atoms with Crippen molar-refractivity contribution >= 4 is 63.1 Å². The van der Waals surface area contributed by atoms with Crippen LogP contribution < -0.4 is 14.8 Å². The highest BCUT2D eigenvalue weighted by molar-refractivity contribution is 9.10. The first-order valence-corrected chi connectivity index (χ1v) is 10.7. The van der Waals surface area contributed by atoms with E-state index in [4.69, 9.17) is 32.7 Å². The van der Waals surface area contributed by atoms with Crippen LogP contribution >= 0.6 is 39.1 Å². The number of hydrogen-bond donors (Lipinski definition) is 1. The third-order valence-corrected chi connectivity index (χ3v) is 5.62. The van der Waals surface area contributed by atoms with Crippen molar-refractivity contribution in [3.05, 3.63) is 74.2 Å². The van der Waals surface area contributed by atoms with Crippen LogP contribution in [0.15, 0.2) is 53.0 Å². The van der Waals surface area contributed by atoms with E-state index in [0.29, 0.717) is 31.6 Å². The van der Waals surface area contributed by atoms with Gasteiger partial charge in [-0.1, -0.05) is 35.3 Å². The number of rotatable bonds is 7. The molecule has 166 valence electrons. The number of halogens is 3. The minimum absolute atomic E-state index is 0.0255. The maximum absolute atomic E-state index is 12.6. The van der Waals surface area contributed by atoms with Crippen molar-refractivity contribution in [1.82, 2.24) is 10.2 Å². The Hall–Kier alpha value is -2.81. The molecule has 7 nitrogen and oxygen atoms in total. The summed E-state index contributed by atoms with van der Waals surface area (Å²) in [5, 5.41) is 3.12. The highest BCUT2D eigenvalue weighted by Gasteiger charge is 2.35. The van der Waals surface area contributed by atoms with Gasteiger partial charge in [0.1, 0.15) is 12.2 Å². The predicted octanol–water partition coefficient (Wildman–Crippen LogP) is 4.99. The van der Waals surface area contributed by atoms with Gasteiger partial charge in [0, 0.05) is 22.2 Å². The molecule has 1 heterocycles. The highest BCUT2D eigenvalue weighted by Crippen LogP contribution is 2.38. The van der Waals surface area contributed by atoms with E-state index in [0.717, 1.165) is 10.5 Å². The van der Waals surface area contributed by atoms with Gasteiger partial charge in [0.05, 0.1) is 11.6 Å². The molecule has 10 heteroatoms. The lowest BCUT2D eigenvalue weighted by Crippen LogP contribution is -2.54. The molecule has 4 amide bonds. The molecule has 0 radical (unpaired) electrons. The molecule has 1 fully saturated rings. The molecule has 0 spiro atoms. The molecular weight excluding hydrogens is 523 g/mol. The van der Waals surface area contributed by atoms with E-state index in [-0.39, 0.29) is 18.7 Å². The van der Waals surface area contributed by atoms with E-state index >= 15 is 0 Å². The minimum Gasteiger partial charge on any atom is -0.493 e. The second-order valence-electron chi connectivity index (χ2n) is 6.58. The Morgan fingerprint density at radius 2 is 1.94 bits per heavy atom. The number of imide groups is 2. The predicted molar refractivity (Wildman–Crippen MR) is 125 cm³/mol. The number of carbonyl (C=O) groups excluding carboxylic acids is 3. The van der Waals surface area contributed by atoms with Gasteiger partial charge in [-0.2, -0.15) is 0 Å². The van der Waals surface area contributed by atoms with Crippen molar-refractivity contribution in [2.24, 2.45) is 0 Å². The Bertz CT molecular complexity index is 1150. The summed E-state index contributed by atoms with van der Waals surface area (Å²) in [6.45, 7) is 3.65. The number of benzene rings is 2. The zero-order valence-electron chi connectivity index (χ0n) is 16.8. The van der Waals surface area contributed by atoms with E-state index < -0.39 is 17.8 Å². The third-order valence-electron chi connectivity index (χ3n) is 4.45. The van der Waals surface area contributed by atoms with Gasteiger partial charge >= 0.3 is 6.03 Å². The summed E-state index contributed by atoms with van der Waals surface area (Å²) in [5.41, 5.74) is 1.02. The van der Waals surface area contributed by atoms with Crippen LogP contribution in [0.3, 0.4) is 0 Å². The van der Waals surface area contributed by atoms with E-state index in [1.54, 1.807) is 30.3 Å². The Morgan fingerprint density at radius 1 is 1.19 bits per heavy atom. The van der Waals surface area contributed by atoms with Gasteiger partial charge in [-0.15, -0.1) is 6.58 Å². The number of hydrogen-bond acceptors (Lipinski definition) is 5. The van der Waals surface area contributed by atoms with Crippen LogP contribution in [0.2, 0.25) is 10.0 Å². The molecule has 2 aromatic carbocycles. The van der Waals surface area contributed by atoms with Crippen molar-refractivity contribution in [2.45, 2.75) is 6.61 Å². The fourth-order valence-corrected chi connectivity index (χ4v) is 3.94. The lowest BCUT2D eigenvalue weighted by Gasteiger charge is -2.25. The molecule has 0 atom stereocenters. The van der Waals surface area contributed by atoms with Crippen LogP contribution in [0.5, 0.6) is 11.5 Å². The summed E-state index contributed by atoms with van der Waals surface area (Å²) in [6.07, 6.45) is 2.76. The van der Waals surface area contributed by atoms with Crippen LogP contribution in [0, 0.1) is 0 Å². The summed E-state index contributed by atoms with van der Waals surface area (Å²) in [4.78, 5) is 37.6. The van der Waals surface area contributed by atoms with E-state index in [1.165, 1.54) is 19.3 Å².